The number of hydrogen-bond acceptors (Lipinski definition) is 7. The van der Waals surface area contributed by atoms with Crippen LogP contribution in [-0.4, -0.2) is 20.9 Å². The first-order valence-corrected chi connectivity index (χ1v) is 6.27. The van der Waals surface area contributed by atoms with E-state index in [1.807, 2.05) is 0 Å². The van der Waals surface area contributed by atoms with Gasteiger partial charge >= 0.3 is 5.97 Å². The van der Waals surface area contributed by atoms with Crippen LogP contribution in [0.1, 0.15) is 15.9 Å². The van der Waals surface area contributed by atoms with E-state index in [1.54, 1.807) is 0 Å². The summed E-state index contributed by atoms with van der Waals surface area (Å²) >= 11 is 0. The molecule has 0 atom stereocenters. The van der Waals surface area contributed by atoms with Gasteiger partial charge in [-0.3, -0.25) is 20.2 Å². The molecule has 0 aliphatic heterocycles. The molecule has 118 valence electrons. The lowest BCUT2D eigenvalue weighted by Crippen LogP contribution is -2.07. The van der Waals surface area contributed by atoms with E-state index in [0.717, 1.165) is 18.2 Å². The fraction of sp³-hybridized carbons (Fsp3) is 0.0714. The molecule has 9 nitrogen and oxygen atoms in total. The summed E-state index contributed by atoms with van der Waals surface area (Å²) in [6.07, 6.45) is 0. The Morgan fingerprint density at radius 2 is 1.78 bits per heavy atom. The summed E-state index contributed by atoms with van der Waals surface area (Å²) in [5.41, 5.74) is -1.04. The standard InChI is InChI=1S/C14H10N2O7/c17-13-4-2-1-3-11(13)14(18)23-8-9-5-6-10(15(19)20)7-12(9)16(21)22/h1-7,17H,8H2. The molecule has 0 aliphatic rings. The lowest BCUT2D eigenvalue weighted by molar-refractivity contribution is -0.394. The molecule has 0 aromatic heterocycles. The normalized spacial score (nSPS) is 10.1. The van der Waals surface area contributed by atoms with E-state index in [9.17, 15) is 30.1 Å². The Morgan fingerprint density at radius 1 is 1.09 bits per heavy atom. The number of nitro groups is 2. The van der Waals surface area contributed by atoms with Gasteiger partial charge in [-0.25, -0.2) is 4.79 Å². The summed E-state index contributed by atoms with van der Waals surface area (Å²) in [6.45, 7) is -0.457. The number of phenolic OH excluding ortho intramolecular Hbond substituents is 1. The largest absolute Gasteiger partial charge is 0.507 e. The van der Waals surface area contributed by atoms with Crippen molar-refractivity contribution >= 4 is 17.3 Å². The lowest BCUT2D eigenvalue weighted by atomic mass is 10.1. The average Bonchev–Trinajstić information content (AvgIpc) is 2.52. The molecule has 0 radical (unpaired) electrons. The van der Waals surface area contributed by atoms with Crippen molar-refractivity contribution in [3.63, 3.8) is 0 Å². The summed E-state index contributed by atoms with van der Waals surface area (Å²) in [4.78, 5) is 31.9. The number of aromatic hydroxyl groups is 1. The van der Waals surface area contributed by atoms with Gasteiger partial charge in [-0.2, -0.15) is 0 Å². The number of ether oxygens (including phenoxy) is 1. The fourth-order valence-electron chi connectivity index (χ4n) is 1.83. The van der Waals surface area contributed by atoms with Crippen LogP contribution in [0.15, 0.2) is 42.5 Å². The zero-order valence-electron chi connectivity index (χ0n) is 11.5. The quantitative estimate of drug-likeness (QED) is 0.508. The highest BCUT2D eigenvalue weighted by Crippen LogP contribution is 2.26. The number of carbonyl (C=O) groups excluding carboxylic acids is 1. The summed E-state index contributed by atoms with van der Waals surface area (Å²) in [5.74, 6) is -1.15. The van der Waals surface area contributed by atoms with E-state index < -0.39 is 33.8 Å². The summed E-state index contributed by atoms with van der Waals surface area (Å²) in [6, 6.07) is 8.69. The minimum Gasteiger partial charge on any atom is -0.507 e. The molecule has 0 saturated carbocycles. The van der Waals surface area contributed by atoms with E-state index in [4.69, 9.17) is 4.74 Å². The molecule has 0 spiro atoms. The van der Waals surface area contributed by atoms with Crippen molar-refractivity contribution < 1.29 is 24.5 Å². The minimum absolute atomic E-state index is 0.00405. The van der Waals surface area contributed by atoms with Crippen molar-refractivity contribution in [3.05, 3.63) is 73.8 Å². The number of benzene rings is 2. The van der Waals surface area contributed by atoms with Crippen LogP contribution in [0.4, 0.5) is 11.4 Å². The van der Waals surface area contributed by atoms with Crippen LogP contribution in [0.2, 0.25) is 0 Å². The fourth-order valence-corrected chi connectivity index (χ4v) is 1.83. The number of carbonyl (C=O) groups is 1. The Morgan fingerprint density at radius 3 is 2.39 bits per heavy atom. The van der Waals surface area contributed by atoms with Gasteiger partial charge in [0.15, 0.2) is 0 Å². The number of para-hydroxylation sites is 1. The second-order valence-corrected chi connectivity index (χ2v) is 4.42. The molecule has 0 bridgehead atoms. The smallest absolute Gasteiger partial charge is 0.342 e. The van der Waals surface area contributed by atoms with Crippen molar-refractivity contribution in [2.75, 3.05) is 0 Å². The number of rotatable bonds is 5. The Kier molecular flexibility index (Phi) is 4.50. The zero-order valence-corrected chi connectivity index (χ0v) is 11.5. The summed E-state index contributed by atoms with van der Waals surface area (Å²) in [7, 11) is 0. The Balaban J connectivity index is 2.20. The SMILES string of the molecule is O=C(OCc1ccc([N+](=O)[O-])cc1[N+](=O)[O-])c1ccccc1O. The van der Waals surface area contributed by atoms with Crippen molar-refractivity contribution in [1.29, 1.82) is 0 Å². The van der Waals surface area contributed by atoms with Crippen LogP contribution in [-0.2, 0) is 11.3 Å². The number of hydrogen-bond donors (Lipinski definition) is 1. The lowest BCUT2D eigenvalue weighted by Gasteiger charge is -2.07. The highest BCUT2D eigenvalue weighted by atomic mass is 16.6. The molecule has 1 N–H and O–H groups in total. The molecule has 0 heterocycles. The summed E-state index contributed by atoms with van der Waals surface area (Å²) < 4.78 is 4.91. The third-order valence-corrected chi connectivity index (χ3v) is 2.96. The number of nitrogens with zero attached hydrogens (tertiary/aromatic N) is 2. The molecule has 9 heteroatoms. The molecule has 0 unspecified atom stereocenters. The molecule has 2 rings (SSSR count). The van der Waals surface area contributed by atoms with Gasteiger partial charge < -0.3 is 9.84 Å². The van der Waals surface area contributed by atoms with Crippen LogP contribution >= 0.6 is 0 Å². The Bertz CT molecular complexity index is 788. The maximum Gasteiger partial charge on any atom is 0.342 e. The van der Waals surface area contributed by atoms with Gasteiger partial charge in [0.25, 0.3) is 11.4 Å². The van der Waals surface area contributed by atoms with Gasteiger partial charge in [0.1, 0.15) is 17.9 Å². The van der Waals surface area contributed by atoms with E-state index in [2.05, 4.69) is 0 Å². The molecule has 0 amide bonds. The van der Waals surface area contributed by atoms with Crippen LogP contribution in [0, 0.1) is 20.2 Å². The highest BCUT2D eigenvalue weighted by molar-refractivity contribution is 5.92. The van der Waals surface area contributed by atoms with Gasteiger partial charge in [0.05, 0.1) is 21.5 Å². The van der Waals surface area contributed by atoms with Crippen LogP contribution in [0.25, 0.3) is 0 Å². The maximum atomic E-state index is 11.8. The average molecular weight is 318 g/mol. The predicted octanol–water partition coefficient (Wildman–Crippen LogP) is 2.57. The van der Waals surface area contributed by atoms with Crippen LogP contribution < -0.4 is 0 Å². The first-order valence-electron chi connectivity index (χ1n) is 6.27. The first-order chi connectivity index (χ1) is 10.9. The van der Waals surface area contributed by atoms with E-state index in [0.29, 0.717) is 0 Å². The first kappa shape index (κ1) is 15.9. The number of esters is 1. The molecule has 0 aliphatic carbocycles. The van der Waals surface area contributed by atoms with Gasteiger partial charge in [-0.15, -0.1) is 0 Å². The third-order valence-electron chi connectivity index (χ3n) is 2.96. The topological polar surface area (TPSA) is 133 Å². The molecule has 0 saturated heterocycles. The van der Waals surface area contributed by atoms with Crippen LogP contribution in [0.5, 0.6) is 5.75 Å². The van der Waals surface area contributed by atoms with E-state index in [-0.39, 0.29) is 16.9 Å². The monoisotopic (exact) mass is 318 g/mol. The second-order valence-electron chi connectivity index (χ2n) is 4.42. The van der Waals surface area contributed by atoms with Crippen molar-refractivity contribution in [3.8, 4) is 5.75 Å². The van der Waals surface area contributed by atoms with E-state index in [1.165, 1.54) is 24.3 Å². The molecule has 2 aromatic rings. The number of phenols is 1. The Hall–Kier alpha value is -3.49. The molecule has 0 fully saturated rings. The Labute approximate surface area is 129 Å². The maximum absolute atomic E-state index is 11.8. The summed E-state index contributed by atoms with van der Waals surface area (Å²) in [5, 5.41) is 31.1. The zero-order chi connectivity index (χ0) is 17.0. The predicted molar refractivity (Wildman–Crippen MR) is 77.0 cm³/mol. The number of nitro benzene ring substituents is 2. The second kappa shape index (κ2) is 6.52. The number of non-ortho nitro benzene ring substituents is 1. The molecule has 23 heavy (non-hydrogen) atoms. The van der Waals surface area contributed by atoms with Gasteiger partial charge in [-0.1, -0.05) is 12.1 Å². The van der Waals surface area contributed by atoms with Crippen molar-refractivity contribution in [1.82, 2.24) is 0 Å². The van der Waals surface area contributed by atoms with Crippen molar-refractivity contribution in [2.45, 2.75) is 6.61 Å². The minimum atomic E-state index is -0.865. The molecule has 2 aromatic carbocycles. The van der Waals surface area contributed by atoms with Crippen molar-refractivity contribution in [2.24, 2.45) is 0 Å². The van der Waals surface area contributed by atoms with Gasteiger partial charge in [-0.05, 0) is 18.2 Å². The van der Waals surface area contributed by atoms with Crippen LogP contribution in [0.3, 0.4) is 0 Å². The highest BCUT2D eigenvalue weighted by Gasteiger charge is 2.21. The third kappa shape index (κ3) is 3.59. The molecular formula is C14H10N2O7. The van der Waals surface area contributed by atoms with Gasteiger partial charge in [0, 0.05) is 6.07 Å². The van der Waals surface area contributed by atoms with E-state index >= 15 is 0 Å². The van der Waals surface area contributed by atoms with Gasteiger partial charge in [0.2, 0.25) is 0 Å². The molecular weight excluding hydrogens is 308 g/mol.